The van der Waals surface area contributed by atoms with Gasteiger partial charge in [-0.25, -0.2) is 0 Å². The van der Waals surface area contributed by atoms with E-state index in [4.69, 9.17) is 14.2 Å². The SMILES string of the molecule is CNCCCC(C)C(OC)(OC)OC. The Bertz CT molecular complexity index is 129. The van der Waals surface area contributed by atoms with Gasteiger partial charge in [0.25, 0.3) is 5.97 Å². The molecular formula is C10H23NO3. The molecule has 0 aliphatic heterocycles. The Morgan fingerprint density at radius 2 is 1.64 bits per heavy atom. The van der Waals surface area contributed by atoms with Gasteiger partial charge >= 0.3 is 0 Å². The van der Waals surface area contributed by atoms with Crippen LogP contribution in [0.5, 0.6) is 0 Å². The van der Waals surface area contributed by atoms with Crippen molar-refractivity contribution in [3.8, 4) is 0 Å². The molecule has 0 rings (SSSR count). The minimum Gasteiger partial charge on any atom is -0.331 e. The van der Waals surface area contributed by atoms with Crippen LogP contribution in [0.3, 0.4) is 0 Å². The normalized spacial score (nSPS) is 14.4. The average Bonchev–Trinajstić information content (AvgIpc) is 2.22. The summed E-state index contributed by atoms with van der Waals surface area (Å²) >= 11 is 0. The Morgan fingerprint density at radius 1 is 1.14 bits per heavy atom. The summed E-state index contributed by atoms with van der Waals surface area (Å²) in [7, 11) is 6.74. The van der Waals surface area contributed by atoms with Gasteiger partial charge in [0.1, 0.15) is 0 Å². The molecule has 4 nitrogen and oxygen atoms in total. The van der Waals surface area contributed by atoms with Gasteiger partial charge in [0.05, 0.1) is 0 Å². The second-order valence-electron chi connectivity index (χ2n) is 3.36. The summed E-state index contributed by atoms with van der Waals surface area (Å²) in [6.45, 7) is 3.06. The average molecular weight is 205 g/mol. The smallest absolute Gasteiger partial charge is 0.284 e. The summed E-state index contributed by atoms with van der Waals surface area (Å²) in [5.74, 6) is -0.691. The van der Waals surface area contributed by atoms with Crippen LogP contribution < -0.4 is 5.32 Å². The van der Waals surface area contributed by atoms with Crippen molar-refractivity contribution in [2.24, 2.45) is 5.92 Å². The Kier molecular flexibility index (Phi) is 7.09. The minimum atomic E-state index is -0.895. The van der Waals surface area contributed by atoms with Crippen molar-refractivity contribution >= 4 is 0 Å². The van der Waals surface area contributed by atoms with Gasteiger partial charge < -0.3 is 19.5 Å². The predicted octanol–water partition coefficient (Wildman–Crippen LogP) is 1.22. The maximum Gasteiger partial charge on any atom is 0.284 e. The highest BCUT2D eigenvalue weighted by atomic mass is 16.9. The molecule has 0 heterocycles. The Balaban J connectivity index is 4.07. The van der Waals surface area contributed by atoms with Crippen LogP contribution in [0.15, 0.2) is 0 Å². The molecule has 0 bridgehead atoms. The highest BCUT2D eigenvalue weighted by Crippen LogP contribution is 2.26. The predicted molar refractivity (Wildman–Crippen MR) is 56.1 cm³/mol. The van der Waals surface area contributed by atoms with Crippen LogP contribution >= 0.6 is 0 Å². The van der Waals surface area contributed by atoms with E-state index in [2.05, 4.69) is 12.2 Å². The molecule has 0 aliphatic carbocycles. The topological polar surface area (TPSA) is 39.7 Å². The zero-order chi connectivity index (χ0) is 11.0. The summed E-state index contributed by atoms with van der Waals surface area (Å²) in [6.07, 6.45) is 2.08. The maximum atomic E-state index is 5.26. The van der Waals surface area contributed by atoms with Gasteiger partial charge in [0.15, 0.2) is 0 Å². The third kappa shape index (κ3) is 3.53. The van der Waals surface area contributed by atoms with E-state index in [0.717, 1.165) is 19.4 Å². The molecule has 14 heavy (non-hydrogen) atoms. The fourth-order valence-electron chi connectivity index (χ4n) is 1.62. The lowest BCUT2D eigenvalue weighted by atomic mass is 10.0. The molecule has 0 amide bonds. The fourth-order valence-corrected chi connectivity index (χ4v) is 1.62. The van der Waals surface area contributed by atoms with Crippen LogP contribution in [-0.2, 0) is 14.2 Å². The van der Waals surface area contributed by atoms with Crippen molar-refractivity contribution in [3.63, 3.8) is 0 Å². The van der Waals surface area contributed by atoms with E-state index < -0.39 is 5.97 Å². The molecule has 1 N–H and O–H groups in total. The second-order valence-corrected chi connectivity index (χ2v) is 3.36. The van der Waals surface area contributed by atoms with E-state index in [9.17, 15) is 0 Å². The minimum absolute atomic E-state index is 0.204. The molecule has 0 saturated heterocycles. The first-order valence-corrected chi connectivity index (χ1v) is 4.96. The van der Waals surface area contributed by atoms with Gasteiger partial charge in [0, 0.05) is 27.2 Å². The summed E-state index contributed by atoms with van der Waals surface area (Å²) in [5.41, 5.74) is 0. The summed E-state index contributed by atoms with van der Waals surface area (Å²) < 4.78 is 15.8. The molecule has 1 unspecified atom stereocenters. The quantitative estimate of drug-likeness (QED) is 0.477. The van der Waals surface area contributed by atoms with Crippen LogP contribution in [0.4, 0.5) is 0 Å². The van der Waals surface area contributed by atoms with E-state index >= 15 is 0 Å². The summed E-state index contributed by atoms with van der Waals surface area (Å²) in [6, 6.07) is 0. The fraction of sp³-hybridized carbons (Fsp3) is 1.00. The van der Waals surface area contributed by atoms with Gasteiger partial charge in [-0.1, -0.05) is 6.92 Å². The summed E-state index contributed by atoms with van der Waals surface area (Å²) in [5, 5.41) is 3.11. The highest BCUT2D eigenvalue weighted by molar-refractivity contribution is 4.66. The molecule has 0 spiro atoms. The molecule has 4 heteroatoms. The first kappa shape index (κ1) is 13.8. The number of hydrogen-bond donors (Lipinski definition) is 1. The van der Waals surface area contributed by atoms with Crippen LogP contribution in [0.25, 0.3) is 0 Å². The Hall–Kier alpha value is -0.160. The molecule has 0 aromatic rings. The van der Waals surface area contributed by atoms with Crippen LogP contribution in [0, 0.1) is 5.92 Å². The van der Waals surface area contributed by atoms with Crippen molar-refractivity contribution in [2.45, 2.75) is 25.7 Å². The first-order valence-electron chi connectivity index (χ1n) is 4.96. The van der Waals surface area contributed by atoms with E-state index in [-0.39, 0.29) is 5.92 Å². The molecule has 1 atom stereocenters. The Morgan fingerprint density at radius 3 is 2.00 bits per heavy atom. The third-order valence-electron chi connectivity index (χ3n) is 2.52. The monoisotopic (exact) mass is 205 g/mol. The number of hydrogen-bond acceptors (Lipinski definition) is 4. The molecule has 0 saturated carbocycles. The molecule has 0 fully saturated rings. The lowest BCUT2D eigenvalue weighted by Gasteiger charge is -2.34. The van der Waals surface area contributed by atoms with Gasteiger partial charge in [0.2, 0.25) is 0 Å². The molecule has 86 valence electrons. The highest BCUT2D eigenvalue weighted by Gasteiger charge is 2.36. The molecule has 0 aromatic heterocycles. The van der Waals surface area contributed by atoms with Crippen molar-refractivity contribution < 1.29 is 14.2 Å². The molecule has 0 radical (unpaired) electrons. The van der Waals surface area contributed by atoms with Gasteiger partial charge in [-0.2, -0.15) is 0 Å². The van der Waals surface area contributed by atoms with E-state index in [1.165, 1.54) is 0 Å². The second kappa shape index (κ2) is 7.17. The van der Waals surface area contributed by atoms with Gasteiger partial charge in [-0.3, -0.25) is 0 Å². The van der Waals surface area contributed by atoms with Crippen LogP contribution in [-0.4, -0.2) is 40.9 Å². The van der Waals surface area contributed by atoms with Gasteiger partial charge in [-0.05, 0) is 26.4 Å². The van der Waals surface area contributed by atoms with E-state index in [0.29, 0.717) is 0 Å². The number of rotatable bonds is 8. The lowest BCUT2D eigenvalue weighted by molar-refractivity contribution is -0.377. The first-order chi connectivity index (χ1) is 6.66. The van der Waals surface area contributed by atoms with Crippen LogP contribution in [0.1, 0.15) is 19.8 Å². The molecule has 0 aliphatic rings. The largest absolute Gasteiger partial charge is 0.331 e. The third-order valence-corrected chi connectivity index (χ3v) is 2.52. The van der Waals surface area contributed by atoms with E-state index in [1.54, 1.807) is 21.3 Å². The number of ether oxygens (including phenoxy) is 3. The zero-order valence-electron chi connectivity index (χ0n) is 9.92. The van der Waals surface area contributed by atoms with E-state index in [1.807, 2.05) is 7.05 Å². The zero-order valence-corrected chi connectivity index (χ0v) is 9.92. The van der Waals surface area contributed by atoms with Crippen molar-refractivity contribution in [2.75, 3.05) is 34.9 Å². The van der Waals surface area contributed by atoms with Crippen molar-refractivity contribution in [1.82, 2.24) is 5.32 Å². The van der Waals surface area contributed by atoms with Crippen molar-refractivity contribution in [3.05, 3.63) is 0 Å². The standard InChI is InChI=1S/C10H23NO3/c1-9(7-6-8-11-2)10(12-3,13-4)14-5/h9,11H,6-8H2,1-5H3. The number of methoxy groups -OCH3 is 3. The van der Waals surface area contributed by atoms with Crippen LogP contribution in [0.2, 0.25) is 0 Å². The molecule has 0 aromatic carbocycles. The molecular weight excluding hydrogens is 182 g/mol. The Labute approximate surface area is 86.9 Å². The number of nitrogens with one attached hydrogen (secondary N) is 1. The maximum absolute atomic E-state index is 5.26. The lowest BCUT2D eigenvalue weighted by Crippen LogP contribution is -2.42. The summed E-state index contributed by atoms with van der Waals surface area (Å²) in [4.78, 5) is 0. The van der Waals surface area contributed by atoms with Gasteiger partial charge in [-0.15, -0.1) is 0 Å². The van der Waals surface area contributed by atoms with Crippen molar-refractivity contribution in [1.29, 1.82) is 0 Å².